The van der Waals surface area contributed by atoms with Gasteiger partial charge in [-0.05, 0) is 75.9 Å². The average Bonchev–Trinajstić information content (AvgIpc) is 3.30. The van der Waals surface area contributed by atoms with Crippen LogP contribution in [0.5, 0.6) is 0 Å². The Morgan fingerprint density at radius 3 is 2.66 bits per heavy atom. The second kappa shape index (κ2) is 10.6. The number of hydrogen-bond acceptors (Lipinski definition) is 7. The molecule has 1 saturated carbocycles. The highest BCUT2D eigenvalue weighted by atomic mass is 35.5. The molecule has 4 aromatic rings. The molecule has 0 radical (unpaired) electrons. The van der Waals surface area contributed by atoms with E-state index < -0.39 is 5.60 Å². The molecule has 1 unspecified atom stereocenters. The van der Waals surface area contributed by atoms with E-state index in [1.54, 1.807) is 4.90 Å². The van der Waals surface area contributed by atoms with Gasteiger partial charge in [0.15, 0.2) is 0 Å². The molecule has 1 amide bonds. The Kier molecular flexibility index (Phi) is 7.15. The van der Waals surface area contributed by atoms with E-state index in [1.807, 2.05) is 56.2 Å². The molecule has 0 bridgehead atoms. The number of benzene rings is 1. The third-order valence-corrected chi connectivity index (χ3v) is 8.21. The number of rotatable bonds is 7. The van der Waals surface area contributed by atoms with Crippen molar-refractivity contribution in [2.24, 2.45) is 0 Å². The van der Waals surface area contributed by atoms with Crippen molar-refractivity contribution in [3.05, 3.63) is 54.5 Å². The number of hydrogen-bond donors (Lipinski definition) is 2. The fourth-order valence-electron chi connectivity index (χ4n) is 5.16. The number of carbonyl (C=O) groups excluding carboxylic acids is 1. The van der Waals surface area contributed by atoms with E-state index in [4.69, 9.17) is 21.3 Å². The fourth-order valence-corrected chi connectivity index (χ4v) is 5.37. The molecule has 216 valence electrons. The molecular weight excluding hydrogens is 540 g/mol. The fraction of sp³-hybridized carbons (Fsp3) is 0.467. The zero-order valence-corrected chi connectivity index (χ0v) is 24.8. The molecule has 11 heteroatoms. The first-order valence-corrected chi connectivity index (χ1v) is 14.6. The third-order valence-electron chi connectivity index (χ3n) is 7.71. The van der Waals surface area contributed by atoms with Crippen LogP contribution < -0.4 is 5.32 Å². The van der Waals surface area contributed by atoms with Crippen LogP contribution in [0.25, 0.3) is 22.2 Å². The lowest BCUT2D eigenvalue weighted by molar-refractivity contribution is 0.0110. The highest BCUT2D eigenvalue weighted by Gasteiger charge is 2.41. The predicted octanol–water partition coefficient (Wildman–Crippen LogP) is 5.95. The predicted molar refractivity (Wildman–Crippen MR) is 160 cm³/mol. The summed E-state index contributed by atoms with van der Waals surface area (Å²) in [5.74, 6) is 1.35. The zero-order chi connectivity index (χ0) is 28.8. The minimum absolute atomic E-state index is 0.114. The van der Waals surface area contributed by atoms with E-state index >= 15 is 0 Å². The van der Waals surface area contributed by atoms with Gasteiger partial charge in [0.25, 0.3) is 0 Å². The Bertz CT molecular complexity index is 1550. The SMILES string of the molecule is CC(c1ccnc(Nc2nc3ccc(-c4cnn(CC5(Cl)CC5)c4)cc3[nH]2)c1)N1CCN(C(=O)OC(C)(C)C)CC1. The number of ether oxygens (including phenoxy) is 1. The highest BCUT2D eigenvalue weighted by molar-refractivity contribution is 6.25. The maximum absolute atomic E-state index is 12.4. The van der Waals surface area contributed by atoms with Crippen LogP contribution in [0, 0.1) is 0 Å². The number of piperazine rings is 1. The van der Waals surface area contributed by atoms with Gasteiger partial charge in [0, 0.05) is 50.2 Å². The Labute approximate surface area is 245 Å². The number of aromatic amines is 1. The molecule has 1 atom stereocenters. The van der Waals surface area contributed by atoms with Gasteiger partial charge >= 0.3 is 6.09 Å². The van der Waals surface area contributed by atoms with Crippen LogP contribution in [0.1, 0.15) is 52.1 Å². The van der Waals surface area contributed by atoms with Gasteiger partial charge in [-0.15, -0.1) is 11.6 Å². The lowest BCUT2D eigenvalue weighted by Crippen LogP contribution is -2.50. The molecule has 1 saturated heterocycles. The van der Waals surface area contributed by atoms with Crippen LogP contribution >= 0.6 is 11.6 Å². The van der Waals surface area contributed by atoms with E-state index in [9.17, 15) is 4.79 Å². The summed E-state index contributed by atoms with van der Waals surface area (Å²) in [6, 6.07) is 10.4. The maximum atomic E-state index is 12.4. The molecule has 41 heavy (non-hydrogen) atoms. The van der Waals surface area contributed by atoms with Gasteiger partial charge < -0.3 is 19.9 Å². The molecule has 1 aromatic carbocycles. The monoisotopic (exact) mass is 576 g/mol. The van der Waals surface area contributed by atoms with Crippen LogP contribution in [-0.2, 0) is 11.3 Å². The maximum Gasteiger partial charge on any atom is 0.410 e. The van der Waals surface area contributed by atoms with Crippen LogP contribution in [0.15, 0.2) is 48.9 Å². The third kappa shape index (κ3) is 6.49. The van der Waals surface area contributed by atoms with Gasteiger partial charge in [0.1, 0.15) is 11.4 Å². The summed E-state index contributed by atoms with van der Waals surface area (Å²) in [7, 11) is 0. The lowest BCUT2D eigenvalue weighted by Gasteiger charge is -2.38. The molecule has 3 aromatic heterocycles. The van der Waals surface area contributed by atoms with E-state index in [-0.39, 0.29) is 17.0 Å². The van der Waals surface area contributed by atoms with Crippen molar-refractivity contribution in [1.29, 1.82) is 0 Å². The number of alkyl halides is 1. The number of aromatic nitrogens is 5. The summed E-state index contributed by atoms with van der Waals surface area (Å²) in [5, 5.41) is 7.83. The van der Waals surface area contributed by atoms with Gasteiger partial charge in [-0.25, -0.2) is 14.8 Å². The normalized spacial score (nSPS) is 17.9. The van der Waals surface area contributed by atoms with Gasteiger partial charge in [-0.1, -0.05) is 6.07 Å². The first kappa shape index (κ1) is 27.5. The highest BCUT2D eigenvalue weighted by Crippen LogP contribution is 2.43. The molecule has 0 spiro atoms. The Balaban J connectivity index is 1.09. The second-order valence-electron chi connectivity index (χ2n) is 12.2. The number of pyridine rings is 1. The van der Waals surface area contributed by atoms with Gasteiger partial charge in [0.05, 0.1) is 28.6 Å². The smallest absolute Gasteiger partial charge is 0.410 e. The van der Waals surface area contributed by atoms with E-state index in [2.05, 4.69) is 50.4 Å². The van der Waals surface area contributed by atoms with Gasteiger partial charge in [0.2, 0.25) is 5.95 Å². The molecule has 10 nitrogen and oxygen atoms in total. The van der Waals surface area contributed by atoms with Crippen molar-refractivity contribution in [2.45, 2.75) is 63.6 Å². The first-order valence-electron chi connectivity index (χ1n) is 14.2. The van der Waals surface area contributed by atoms with Crippen molar-refractivity contribution in [3.8, 4) is 11.1 Å². The Morgan fingerprint density at radius 2 is 1.93 bits per heavy atom. The minimum Gasteiger partial charge on any atom is -0.444 e. The lowest BCUT2D eigenvalue weighted by atomic mass is 10.1. The van der Waals surface area contributed by atoms with Gasteiger partial charge in [-0.2, -0.15) is 5.10 Å². The number of nitrogens with one attached hydrogen (secondary N) is 2. The molecule has 2 fully saturated rings. The molecule has 2 N–H and O–H groups in total. The number of nitrogens with zero attached hydrogens (tertiary/aromatic N) is 6. The summed E-state index contributed by atoms with van der Waals surface area (Å²) >= 11 is 6.48. The quantitative estimate of drug-likeness (QED) is 0.262. The Morgan fingerprint density at radius 1 is 1.15 bits per heavy atom. The van der Waals surface area contributed by atoms with Crippen LogP contribution in [0.3, 0.4) is 0 Å². The van der Waals surface area contributed by atoms with Crippen molar-refractivity contribution >= 4 is 40.5 Å². The molecule has 4 heterocycles. The number of carbonyl (C=O) groups is 1. The summed E-state index contributed by atoms with van der Waals surface area (Å²) in [4.78, 5) is 29.1. The number of halogens is 1. The molecule has 1 aliphatic carbocycles. The largest absolute Gasteiger partial charge is 0.444 e. The minimum atomic E-state index is -0.488. The number of imidazole rings is 1. The second-order valence-corrected chi connectivity index (χ2v) is 13.0. The average molecular weight is 577 g/mol. The van der Waals surface area contributed by atoms with Crippen molar-refractivity contribution in [3.63, 3.8) is 0 Å². The molecule has 6 rings (SSSR count). The van der Waals surface area contributed by atoms with E-state index in [1.165, 1.54) is 0 Å². The van der Waals surface area contributed by atoms with E-state index in [0.717, 1.165) is 66.0 Å². The standard InChI is InChI=1S/C30H37ClN8O2/c1-20(37-11-13-38(14-12-37)28(40)41-29(2,3)4)21-7-10-32-26(16-21)36-27-34-24-6-5-22(15-25(24)35-27)23-17-33-39(18-23)19-30(31)8-9-30/h5-7,10,15-18,20H,8-9,11-14,19H2,1-4H3,(H2,32,34,35,36). The molecular formula is C30H37ClN8O2. The summed E-state index contributed by atoms with van der Waals surface area (Å²) in [6.45, 7) is 11.5. The van der Waals surface area contributed by atoms with E-state index in [0.29, 0.717) is 19.0 Å². The van der Waals surface area contributed by atoms with Crippen LogP contribution in [0.4, 0.5) is 16.6 Å². The van der Waals surface area contributed by atoms with Gasteiger partial charge in [-0.3, -0.25) is 9.58 Å². The number of H-pyrrole nitrogens is 1. The summed E-state index contributed by atoms with van der Waals surface area (Å²) < 4.78 is 7.46. The van der Waals surface area contributed by atoms with Crippen molar-refractivity contribution in [1.82, 2.24) is 34.5 Å². The van der Waals surface area contributed by atoms with Crippen molar-refractivity contribution < 1.29 is 9.53 Å². The van der Waals surface area contributed by atoms with Crippen LogP contribution in [0.2, 0.25) is 0 Å². The molecule has 1 aliphatic heterocycles. The first-order chi connectivity index (χ1) is 19.5. The summed E-state index contributed by atoms with van der Waals surface area (Å²) in [5.41, 5.74) is 4.58. The Hall–Kier alpha value is -3.63. The number of amides is 1. The molecule has 2 aliphatic rings. The topological polar surface area (TPSA) is 104 Å². The van der Waals surface area contributed by atoms with Crippen molar-refractivity contribution in [2.75, 3.05) is 31.5 Å². The zero-order valence-electron chi connectivity index (χ0n) is 24.0. The number of anilines is 2. The summed E-state index contributed by atoms with van der Waals surface area (Å²) in [6.07, 6.45) is 7.59. The van der Waals surface area contributed by atoms with Crippen LogP contribution in [-0.4, -0.2) is 77.3 Å². The number of fused-ring (bicyclic) bond motifs is 1.